The number of rotatable bonds is 8. The lowest BCUT2D eigenvalue weighted by Crippen LogP contribution is -2.48. The molecule has 2 N–H and O–H groups in total. The summed E-state index contributed by atoms with van der Waals surface area (Å²) in [5.74, 6) is -4.52. The maximum Gasteiger partial charge on any atom is 0.349 e. The summed E-state index contributed by atoms with van der Waals surface area (Å²) in [6, 6.07) is 19.3. The lowest BCUT2D eigenvalue weighted by Gasteiger charge is -2.24. The molecule has 1 amide bonds. The number of amides is 1. The van der Waals surface area contributed by atoms with Crippen molar-refractivity contribution in [3.63, 3.8) is 0 Å². The Hall–Kier alpha value is -3.73. The Kier molecular flexibility index (Phi) is 8.58. The molecular weight excluding hydrogens is 565 g/mol. The number of anilines is 1. The topological polar surface area (TPSA) is 119 Å². The number of carboxylic acid groups (broad SMARTS) is 1. The summed E-state index contributed by atoms with van der Waals surface area (Å²) in [6.45, 7) is 3.66. The van der Waals surface area contributed by atoms with Crippen LogP contribution >= 0.6 is 22.6 Å². The number of benzene rings is 3. The van der Waals surface area contributed by atoms with Crippen molar-refractivity contribution in [3.05, 3.63) is 98.6 Å². The zero-order valence-corrected chi connectivity index (χ0v) is 21.0. The van der Waals surface area contributed by atoms with Crippen molar-refractivity contribution in [2.45, 2.75) is 26.1 Å². The summed E-state index contributed by atoms with van der Waals surface area (Å²) in [5, 5.41) is 12.4. The van der Waals surface area contributed by atoms with Gasteiger partial charge in [0.2, 0.25) is 12.2 Å². The van der Waals surface area contributed by atoms with Gasteiger partial charge in [0.1, 0.15) is 0 Å². The first kappa shape index (κ1) is 25.9. The number of halogens is 1. The normalized spacial score (nSPS) is 12.2. The maximum absolute atomic E-state index is 13.1. The standard InChI is InChI=1S/C26H22INO7/c1-15-7-11-17(12-8-15)25(32)34-21(23(29)28-20-6-4-3-5-19(20)27)22(24(30)31)35-26(33)18-13-9-16(2)10-14-18/h3-14,21-22H,1-2H3,(H,28,29)(H,30,31)/t21-,22+/m1/s1. The third kappa shape index (κ3) is 6.89. The van der Waals surface area contributed by atoms with E-state index in [1.54, 1.807) is 48.5 Å². The van der Waals surface area contributed by atoms with Crippen LogP contribution in [0.25, 0.3) is 0 Å². The molecule has 0 radical (unpaired) electrons. The van der Waals surface area contributed by atoms with E-state index in [1.165, 1.54) is 24.3 Å². The summed E-state index contributed by atoms with van der Waals surface area (Å²) in [4.78, 5) is 50.7. The Morgan fingerprint density at radius 3 is 1.66 bits per heavy atom. The van der Waals surface area contributed by atoms with Crippen LogP contribution in [0.5, 0.6) is 0 Å². The Balaban J connectivity index is 1.91. The van der Waals surface area contributed by atoms with Gasteiger partial charge in [-0.3, -0.25) is 4.79 Å². The number of carbonyl (C=O) groups is 4. The fraction of sp³-hybridized carbons (Fsp3) is 0.154. The van der Waals surface area contributed by atoms with Crippen LogP contribution in [0.1, 0.15) is 31.8 Å². The molecule has 0 spiro atoms. The summed E-state index contributed by atoms with van der Waals surface area (Å²) >= 11 is 1.99. The number of aliphatic carboxylic acids is 1. The number of nitrogens with one attached hydrogen (secondary N) is 1. The number of ether oxygens (including phenoxy) is 2. The molecule has 3 aromatic rings. The maximum atomic E-state index is 13.1. The van der Waals surface area contributed by atoms with Gasteiger partial charge in [-0.05, 0) is 72.8 Å². The van der Waals surface area contributed by atoms with E-state index in [2.05, 4.69) is 5.32 Å². The van der Waals surface area contributed by atoms with Gasteiger partial charge in [0.15, 0.2) is 0 Å². The van der Waals surface area contributed by atoms with Crippen molar-refractivity contribution in [2.24, 2.45) is 0 Å². The van der Waals surface area contributed by atoms with Crippen LogP contribution in [-0.2, 0) is 19.1 Å². The van der Waals surface area contributed by atoms with Crippen LogP contribution < -0.4 is 5.32 Å². The summed E-state index contributed by atoms with van der Waals surface area (Å²) in [7, 11) is 0. The molecule has 0 saturated carbocycles. The minimum Gasteiger partial charge on any atom is -0.478 e. The van der Waals surface area contributed by atoms with Crippen LogP contribution in [0, 0.1) is 17.4 Å². The monoisotopic (exact) mass is 587 g/mol. The van der Waals surface area contributed by atoms with Crippen LogP contribution in [-0.4, -0.2) is 41.1 Å². The third-order valence-corrected chi connectivity index (χ3v) is 5.89. The van der Waals surface area contributed by atoms with E-state index in [0.717, 1.165) is 11.1 Å². The predicted octanol–water partition coefficient (Wildman–Crippen LogP) is 4.38. The van der Waals surface area contributed by atoms with E-state index >= 15 is 0 Å². The van der Waals surface area contributed by atoms with Gasteiger partial charge in [-0.25, -0.2) is 14.4 Å². The smallest absolute Gasteiger partial charge is 0.349 e. The molecule has 0 fully saturated rings. The largest absolute Gasteiger partial charge is 0.478 e. The van der Waals surface area contributed by atoms with E-state index in [-0.39, 0.29) is 11.1 Å². The molecule has 0 unspecified atom stereocenters. The van der Waals surface area contributed by atoms with Gasteiger partial charge in [0.25, 0.3) is 5.91 Å². The van der Waals surface area contributed by atoms with Gasteiger partial charge in [0, 0.05) is 3.57 Å². The fourth-order valence-corrected chi connectivity index (χ4v) is 3.53. The first-order valence-corrected chi connectivity index (χ1v) is 11.6. The first-order chi connectivity index (χ1) is 16.7. The summed E-state index contributed by atoms with van der Waals surface area (Å²) in [6.07, 6.45) is -4.06. The van der Waals surface area contributed by atoms with Crippen LogP contribution in [0.3, 0.4) is 0 Å². The van der Waals surface area contributed by atoms with E-state index in [9.17, 15) is 24.3 Å². The molecule has 0 aliphatic rings. The number of hydrogen-bond donors (Lipinski definition) is 2. The van der Waals surface area contributed by atoms with Gasteiger partial charge >= 0.3 is 17.9 Å². The van der Waals surface area contributed by atoms with Crippen molar-refractivity contribution >= 4 is 52.1 Å². The number of aryl methyl sites for hydroxylation is 2. The lowest BCUT2D eigenvalue weighted by atomic mass is 10.1. The van der Waals surface area contributed by atoms with E-state index in [0.29, 0.717) is 9.26 Å². The molecule has 3 aromatic carbocycles. The Labute approximate surface area is 215 Å². The van der Waals surface area contributed by atoms with Crippen LogP contribution in [0.15, 0.2) is 72.8 Å². The molecular formula is C26H22INO7. The van der Waals surface area contributed by atoms with E-state index < -0.39 is 36.0 Å². The number of esters is 2. The fourth-order valence-electron chi connectivity index (χ4n) is 3.01. The molecule has 0 aliphatic carbocycles. The molecule has 9 heteroatoms. The molecule has 0 aromatic heterocycles. The van der Waals surface area contributed by atoms with Gasteiger partial charge in [-0.15, -0.1) is 0 Å². The number of hydrogen-bond acceptors (Lipinski definition) is 6. The molecule has 2 atom stereocenters. The van der Waals surface area contributed by atoms with Crippen molar-refractivity contribution < 1.29 is 33.8 Å². The minimum absolute atomic E-state index is 0.0866. The molecule has 3 rings (SSSR count). The molecule has 0 bridgehead atoms. The van der Waals surface area contributed by atoms with Crippen LogP contribution in [0.2, 0.25) is 0 Å². The quantitative estimate of drug-likeness (QED) is 0.297. The van der Waals surface area contributed by atoms with Crippen molar-refractivity contribution in [2.75, 3.05) is 5.32 Å². The Morgan fingerprint density at radius 2 is 1.20 bits per heavy atom. The predicted molar refractivity (Wildman–Crippen MR) is 136 cm³/mol. The van der Waals surface area contributed by atoms with Crippen molar-refractivity contribution in [1.82, 2.24) is 0 Å². The highest BCUT2D eigenvalue weighted by atomic mass is 127. The molecule has 0 heterocycles. The van der Waals surface area contributed by atoms with Gasteiger partial charge in [-0.2, -0.15) is 0 Å². The second kappa shape index (κ2) is 11.6. The zero-order chi connectivity index (χ0) is 25.5. The molecule has 8 nitrogen and oxygen atoms in total. The Bertz CT molecular complexity index is 1240. The summed E-state index contributed by atoms with van der Waals surface area (Å²) < 4.78 is 11.2. The Morgan fingerprint density at radius 1 is 0.743 bits per heavy atom. The second-order valence-electron chi connectivity index (χ2n) is 7.69. The van der Waals surface area contributed by atoms with E-state index in [4.69, 9.17) is 9.47 Å². The molecule has 180 valence electrons. The highest BCUT2D eigenvalue weighted by Gasteiger charge is 2.41. The second-order valence-corrected chi connectivity index (χ2v) is 8.85. The molecule has 35 heavy (non-hydrogen) atoms. The number of carbonyl (C=O) groups excluding carboxylic acids is 3. The summed E-state index contributed by atoms with van der Waals surface area (Å²) in [5.41, 5.74) is 2.35. The average molecular weight is 587 g/mol. The molecule has 0 aliphatic heterocycles. The third-order valence-electron chi connectivity index (χ3n) is 4.95. The average Bonchev–Trinajstić information content (AvgIpc) is 2.83. The first-order valence-electron chi connectivity index (χ1n) is 10.5. The highest BCUT2D eigenvalue weighted by Crippen LogP contribution is 2.20. The minimum atomic E-state index is -2.10. The number of carboxylic acids is 1. The number of para-hydroxylation sites is 1. The molecule has 0 saturated heterocycles. The van der Waals surface area contributed by atoms with Gasteiger partial charge in [-0.1, -0.05) is 47.5 Å². The van der Waals surface area contributed by atoms with Gasteiger partial charge < -0.3 is 19.9 Å². The SMILES string of the molecule is Cc1ccc(C(=O)O[C@H](C(=O)O)[C@@H](OC(=O)c2ccc(C)cc2)C(=O)Nc2ccccc2I)cc1. The highest BCUT2D eigenvalue weighted by molar-refractivity contribution is 14.1. The van der Waals surface area contributed by atoms with E-state index in [1.807, 2.05) is 36.4 Å². The van der Waals surface area contributed by atoms with Crippen LogP contribution in [0.4, 0.5) is 5.69 Å². The lowest BCUT2D eigenvalue weighted by molar-refractivity contribution is -0.157. The van der Waals surface area contributed by atoms with Gasteiger partial charge in [0.05, 0.1) is 16.8 Å². The van der Waals surface area contributed by atoms with Crippen molar-refractivity contribution in [3.8, 4) is 0 Å². The van der Waals surface area contributed by atoms with Crippen molar-refractivity contribution in [1.29, 1.82) is 0 Å². The zero-order valence-electron chi connectivity index (χ0n) is 18.9.